The molecule has 0 bridgehead atoms. The number of hydrogen-bond donors (Lipinski definition) is 1. The molecule has 4 rings (SSSR count). The maximum atomic E-state index is 12.7. The molecule has 6 heteroatoms. The van der Waals surface area contributed by atoms with Crippen LogP contribution in [0.2, 0.25) is 0 Å². The van der Waals surface area contributed by atoms with Crippen LogP contribution in [0.3, 0.4) is 0 Å². The van der Waals surface area contributed by atoms with E-state index in [4.69, 9.17) is 0 Å². The van der Waals surface area contributed by atoms with E-state index in [-0.39, 0.29) is 0 Å². The highest BCUT2D eigenvalue weighted by Crippen LogP contribution is 2.21. The Hall–Kier alpha value is -3.61. The molecule has 2 unspecified atom stereocenters. The fraction of sp³-hybridized carbons (Fsp3) is 0.0690. The molecule has 0 aliphatic carbocycles. The van der Waals surface area contributed by atoms with Crippen molar-refractivity contribution in [3.05, 3.63) is 120 Å². The van der Waals surface area contributed by atoms with Gasteiger partial charge in [0.2, 0.25) is 0 Å². The molecule has 1 N–H and O–H groups in total. The van der Waals surface area contributed by atoms with E-state index in [1.165, 1.54) is 0 Å². The van der Waals surface area contributed by atoms with Gasteiger partial charge in [-0.1, -0.05) is 35.4 Å². The number of benzene rings is 4. The second-order valence-electron chi connectivity index (χ2n) is 7.96. The number of allylic oxidation sites excluding steroid dienone is 1. The largest absolute Gasteiger partial charge is 0.362 e. The summed E-state index contributed by atoms with van der Waals surface area (Å²) in [7, 11) is -2.40. The van der Waals surface area contributed by atoms with Crippen molar-refractivity contribution in [2.45, 2.75) is 33.4 Å². The van der Waals surface area contributed by atoms with Gasteiger partial charge in [0, 0.05) is 37.7 Å². The van der Waals surface area contributed by atoms with Crippen LogP contribution in [0.5, 0.6) is 0 Å². The number of aliphatic imine (C=N–C) groups is 1. The van der Waals surface area contributed by atoms with Crippen LogP contribution in [-0.4, -0.2) is 14.6 Å². The molecule has 0 aromatic heterocycles. The summed E-state index contributed by atoms with van der Waals surface area (Å²) in [5.41, 5.74) is 3.96. The van der Waals surface area contributed by atoms with Crippen LogP contribution in [0.25, 0.3) is 0 Å². The normalized spacial score (nSPS) is 13.2. The van der Waals surface area contributed by atoms with Crippen LogP contribution in [-0.2, 0) is 21.6 Å². The second-order valence-corrected chi connectivity index (χ2v) is 10.9. The van der Waals surface area contributed by atoms with Crippen molar-refractivity contribution in [3.8, 4) is 0 Å². The molecule has 0 saturated heterocycles. The van der Waals surface area contributed by atoms with Gasteiger partial charge in [0.25, 0.3) is 0 Å². The zero-order valence-electron chi connectivity index (χ0n) is 19.5. The third-order valence-corrected chi connectivity index (χ3v) is 8.05. The zero-order chi connectivity index (χ0) is 24.6. The van der Waals surface area contributed by atoms with Gasteiger partial charge in [0.15, 0.2) is 0 Å². The quantitative estimate of drug-likeness (QED) is 0.267. The Morgan fingerprint density at radius 3 is 1.46 bits per heavy atom. The Kier molecular flexibility index (Phi) is 8.19. The highest BCUT2D eigenvalue weighted by molar-refractivity contribution is 7.85. The summed E-state index contributed by atoms with van der Waals surface area (Å²) in [6.07, 6.45) is 5.28. The molecule has 0 radical (unpaired) electrons. The Labute approximate surface area is 211 Å². The van der Waals surface area contributed by atoms with E-state index in [1.54, 1.807) is 18.5 Å². The summed E-state index contributed by atoms with van der Waals surface area (Å²) in [5, 5.41) is 3.18. The fourth-order valence-electron chi connectivity index (χ4n) is 3.24. The highest BCUT2D eigenvalue weighted by Gasteiger charge is 2.07. The van der Waals surface area contributed by atoms with Crippen molar-refractivity contribution < 1.29 is 8.42 Å². The molecule has 0 fully saturated rings. The Morgan fingerprint density at radius 1 is 0.600 bits per heavy atom. The summed E-state index contributed by atoms with van der Waals surface area (Å²) in [6, 6.07) is 30.4. The predicted octanol–water partition coefficient (Wildman–Crippen LogP) is 6.96. The summed E-state index contributed by atoms with van der Waals surface area (Å²) < 4.78 is 25.4. The van der Waals surface area contributed by atoms with Crippen LogP contribution < -0.4 is 5.32 Å². The molecule has 0 spiro atoms. The molecule has 0 aliphatic rings. The third kappa shape index (κ3) is 6.72. The monoisotopic (exact) mass is 498 g/mol. The van der Waals surface area contributed by atoms with Crippen molar-refractivity contribution in [1.29, 1.82) is 0 Å². The molecule has 2 atom stereocenters. The van der Waals surface area contributed by atoms with Gasteiger partial charge in [-0.2, -0.15) is 0 Å². The van der Waals surface area contributed by atoms with Gasteiger partial charge in [-0.25, -0.2) is 8.42 Å². The number of hydrogen-bond acceptors (Lipinski definition) is 4. The topological polar surface area (TPSA) is 58.5 Å². The van der Waals surface area contributed by atoms with E-state index >= 15 is 0 Å². The molecule has 0 amide bonds. The number of rotatable bonds is 8. The molecular formula is C29H26N2O2S2. The fourth-order valence-corrected chi connectivity index (χ4v) is 5.32. The van der Waals surface area contributed by atoms with E-state index in [1.807, 2.05) is 111 Å². The van der Waals surface area contributed by atoms with E-state index in [2.05, 4.69) is 10.3 Å². The third-order valence-electron chi connectivity index (χ3n) is 5.25. The standard InChI is InChI=1S/C29H26N2O2S2/c1-22-4-12-26(13-5-22)34(32)28-16-8-24(9-17-28)30-20-3-21-31-25-10-18-29(19-11-25)35(33)27-14-6-23(2)7-15-27/h3-21,30H,1-2H3/b20-3-,31-21?. The molecule has 4 aromatic rings. The average Bonchev–Trinajstić information content (AvgIpc) is 2.89. The lowest BCUT2D eigenvalue weighted by Gasteiger charge is -2.05. The first-order valence-corrected chi connectivity index (χ1v) is 13.4. The molecule has 0 heterocycles. The van der Waals surface area contributed by atoms with Crippen molar-refractivity contribution in [2.24, 2.45) is 4.99 Å². The smallest absolute Gasteiger partial charge is 0.0849 e. The minimum absolute atomic E-state index is 0.747. The van der Waals surface area contributed by atoms with Crippen molar-refractivity contribution in [2.75, 3.05) is 5.32 Å². The molecule has 176 valence electrons. The van der Waals surface area contributed by atoms with Crippen molar-refractivity contribution in [1.82, 2.24) is 0 Å². The number of aryl methyl sites for hydroxylation is 2. The van der Waals surface area contributed by atoms with Crippen LogP contribution in [0.15, 0.2) is 134 Å². The summed E-state index contributed by atoms with van der Waals surface area (Å²) >= 11 is 0. The molecular weight excluding hydrogens is 472 g/mol. The van der Waals surface area contributed by atoms with Crippen LogP contribution >= 0.6 is 0 Å². The Balaban J connectivity index is 1.30. The van der Waals surface area contributed by atoms with Crippen LogP contribution in [0.4, 0.5) is 11.4 Å². The number of anilines is 1. The number of nitrogens with one attached hydrogen (secondary N) is 1. The van der Waals surface area contributed by atoms with Crippen LogP contribution in [0, 0.1) is 13.8 Å². The van der Waals surface area contributed by atoms with Crippen molar-refractivity contribution >= 4 is 39.2 Å². The highest BCUT2D eigenvalue weighted by atomic mass is 32.2. The van der Waals surface area contributed by atoms with Gasteiger partial charge >= 0.3 is 0 Å². The van der Waals surface area contributed by atoms with Crippen LogP contribution in [0.1, 0.15) is 11.1 Å². The van der Waals surface area contributed by atoms with E-state index in [0.717, 1.165) is 42.1 Å². The lowest BCUT2D eigenvalue weighted by atomic mass is 10.2. The van der Waals surface area contributed by atoms with Gasteiger partial charge in [0.1, 0.15) is 0 Å². The SMILES string of the molecule is Cc1ccc(S(=O)c2ccc(N=C/C=C\Nc3ccc(S(=O)c4ccc(C)cc4)cc3)cc2)cc1. The average molecular weight is 499 g/mol. The lowest BCUT2D eigenvalue weighted by Crippen LogP contribution is -1.94. The van der Waals surface area contributed by atoms with E-state index in [9.17, 15) is 8.42 Å². The second kappa shape index (κ2) is 11.7. The van der Waals surface area contributed by atoms with Gasteiger partial charge in [-0.05, 0) is 92.7 Å². The van der Waals surface area contributed by atoms with Gasteiger partial charge in [0.05, 0.1) is 27.3 Å². The van der Waals surface area contributed by atoms with Crippen molar-refractivity contribution in [3.63, 3.8) is 0 Å². The minimum atomic E-state index is -1.21. The maximum absolute atomic E-state index is 12.7. The number of nitrogens with zero attached hydrogens (tertiary/aromatic N) is 1. The molecule has 4 aromatic carbocycles. The Bertz CT molecular complexity index is 1380. The van der Waals surface area contributed by atoms with Gasteiger partial charge in [-0.3, -0.25) is 4.99 Å². The maximum Gasteiger partial charge on any atom is 0.0849 e. The molecule has 4 nitrogen and oxygen atoms in total. The van der Waals surface area contributed by atoms with E-state index < -0.39 is 21.6 Å². The predicted molar refractivity (Wildman–Crippen MR) is 146 cm³/mol. The van der Waals surface area contributed by atoms with E-state index in [0.29, 0.717) is 0 Å². The lowest BCUT2D eigenvalue weighted by molar-refractivity contribution is 0.682. The molecule has 0 saturated carbocycles. The molecule has 35 heavy (non-hydrogen) atoms. The first-order valence-electron chi connectivity index (χ1n) is 11.1. The van der Waals surface area contributed by atoms with Gasteiger partial charge < -0.3 is 5.32 Å². The summed E-state index contributed by atoms with van der Waals surface area (Å²) in [5.74, 6) is 0. The minimum Gasteiger partial charge on any atom is -0.362 e. The summed E-state index contributed by atoms with van der Waals surface area (Å²) in [6.45, 7) is 4.02. The van der Waals surface area contributed by atoms with Gasteiger partial charge in [-0.15, -0.1) is 0 Å². The Morgan fingerprint density at radius 2 is 1.00 bits per heavy atom. The first kappa shape index (κ1) is 24.5. The summed E-state index contributed by atoms with van der Waals surface area (Å²) in [4.78, 5) is 7.50. The zero-order valence-corrected chi connectivity index (χ0v) is 21.2. The molecule has 0 aliphatic heterocycles. The first-order chi connectivity index (χ1) is 17.0.